The highest BCUT2D eigenvalue weighted by Crippen LogP contribution is 2.13. The van der Waals surface area contributed by atoms with Gasteiger partial charge in [-0.1, -0.05) is 20.8 Å². The van der Waals surface area contributed by atoms with Crippen LogP contribution < -0.4 is 5.32 Å². The number of carbonyl (C=O) groups excluding carboxylic acids is 1. The molecule has 1 fully saturated rings. The lowest BCUT2D eigenvalue weighted by Gasteiger charge is -2.29. The van der Waals surface area contributed by atoms with Crippen LogP contribution >= 0.6 is 0 Å². The predicted molar refractivity (Wildman–Crippen MR) is 66.9 cm³/mol. The normalized spacial score (nSPS) is 18.0. The Labute approximate surface area is 103 Å². The van der Waals surface area contributed by atoms with Gasteiger partial charge < -0.3 is 9.64 Å². The van der Waals surface area contributed by atoms with Crippen LogP contribution in [0.2, 0.25) is 0 Å². The smallest absolute Gasteiger partial charge is 0.226 e. The fourth-order valence-corrected chi connectivity index (χ4v) is 1.58. The van der Waals surface area contributed by atoms with E-state index in [0.29, 0.717) is 44.6 Å². The molecule has 98 valence electrons. The zero-order valence-electron chi connectivity index (χ0n) is 11.0. The summed E-state index contributed by atoms with van der Waals surface area (Å²) in [7, 11) is 0. The monoisotopic (exact) mass is 241 g/mol. The van der Waals surface area contributed by atoms with Crippen molar-refractivity contribution in [3.63, 3.8) is 0 Å². The lowest BCUT2D eigenvalue weighted by atomic mass is 9.94. The van der Waals surface area contributed by atoms with Crippen LogP contribution in [0.1, 0.15) is 27.2 Å². The third-order valence-electron chi connectivity index (χ3n) is 3.23. The van der Waals surface area contributed by atoms with Crippen molar-refractivity contribution in [2.24, 2.45) is 11.8 Å². The number of hydrogen-bond donors (Lipinski definition) is 2. The zero-order chi connectivity index (χ0) is 12.8. The van der Waals surface area contributed by atoms with Gasteiger partial charge in [-0.25, -0.2) is 0 Å². The van der Waals surface area contributed by atoms with Gasteiger partial charge in [-0.3, -0.25) is 15.5 Å². The van der Waals surface area contributed by atoms with Crippen molar-refractivity contribution in [2.75, 3.05) is 26.3 Å². The first-order chi connectivity index (χ1) is 8.00. The average molecular weight is 241 g/mol. The fraction of sp³-hybridized carbons (Fsp3) is 0.833. The van der Waals surface area contributed by atoms with Gasteiger partial charge in [0.2, 0.25) is 5.91 Å². The zero-order valence-corrected chi connectivity index (χ0v) is 11.0. The van der Waals surface area contributed by atoms with Crippen LogP contribution in [0.5, 0.6) is 0 Å². The fourth-order valence-electron chi connectivity index (χ4n) is 1.58. The summed E-state index contributed by atoms with van der Waals surface area (Å²) < 4.78 is 5.20. The number of ether oxygens (including phenoxy) is 1. The first kappa shape index (κ1) is 14.0. The van der Waals surface area contributed by atoms with Gasteiger partial charge in [0.05, 0.1) is 13.2 Å². The molecule has 1 saturated heterocycles. The summed E-state index contributed by atoms with van der Waals surface area (Å²) in [5.41, 5.74) is 0. The van der Waals surface area contributed by atoms with E-state index in [4.69, 9.17) is 10.1 Å². The van der Waals surface area contributed by atoms with E-state index < -0.39 is 0 Å². The van der Waals surface area contributed by atoms with Crippen LogP contribution in [-0.2, 0) is 9.53 Å². The van der Waals surface area contributed by atoms with Crippen molar-refractivity contribution in [3.8, 4) is 0 Å². The maximum absolute atomic E-state index is 11.7. The summed E-state index contributed by atoms with van der Waals surface area (Å²) in [5, 5.41) is 10.5. The topological polar surface area (TPSA) is 65.4 Å². The third kappa shape index (κ3) is 4.73. The van der Waals surface area contributed by atoms with Crippen LogP contribution in [0.3, 0.4) is 0 Å². The molecule has 1 rings (SSSR count). The van der Waals surface area contributed by atoms with Crippen LogP contribution in [0.25, 0.3) is 0 Å². The van der Waals surface area contributed by atoms with Crippen LogP contribution in [-0.4, -0.2) is 43.1 Å². The summed E-state index contributed by atoms with van der Waals surface area (Å²) in [6.45, 7) is 8.87. The van der Waals surface area contributed by atoms with E-state index >= 15 is 0 Å². The van der Waals surface area contributed by atoms with E-state index in [1.165, 1.54) is 0 Å². The van der Waals surface area contributed by atoms with Gasteiger partial charge in [-0.05, 0) is 11.8 Å². The number of hydrogen-bond acceptors (Lipinski definition) is 3. The maximum atomic E-state index is 11.7. The molecule has 5 nitrogen and oxygen atoms in total. The third-order valence-corrected chi connectivity index (χ3v) is 3.23. The molecule has 1 heterocycles. The molecule has 1 atom stereocenters. The van der Waals surface area contributed by atoms with Gasteiger partial charge in [-0.2, -0.15) is 0 Å². The van der Waals surface area contributed by atoms with E-state index in [-0.39, 0.29) is 11.9 Å². The lowest BCUT2D eigenvalue weighted by Crippen LogP contribution is -2.48. The molecule has 2 N–H and O–H groups in total. The summed E-state index contributed by atoms with van der Waals surface area (Å²) in [5.74, 6) is 0.961. The van der Waals surface area contributed by atoms with E-state index in [9.17, 15) is 4.79 Å². The number of amides is 1. The number of guanidine groups is 1. The number of nitrogens with one attached hydrogen (secondary N) is 2. The molecule has 5 heteroatoms. The Balaban J connectivity index is 2.32. The molecule has 0 radical (unpaired) electrons. The summed E-state index contributed by atoms with van der Waals surface area (Å²) in [6, 6.07) is 0. The summed E-state index contributed by atoms with van der Waals surface area (Å²) in [4.78, 5) is 13.5. The Morgan fingerprint density at radius 3 is 2.47 bits per heavy atom. The number of nitrogens with zero attached hydrogens (tertiary/aromatic N) is 1. The van der Waals surface area contributed by atoms with Crippen molar-refractivity contribution in [2.45, 2.75) is 27.2 Å². The van der Waals surface area contributed by atoms with Gasteiger partial charge in [0.25, 0.3) is 0 Å². The van der Waals surface area contributed by atoms with Gasteiger partial charge >= 0.3 is 0 Å². The van der Waals surface area contributed by atoms with E-state index in [1.807, 2.05) is 4.90 Å². The van der Waals surface area contributed by atoms with Crippen molar-refractivity contribution in [3.05, 3.63) is 0 Å². The molecule has 1 aliphatic heterocycles. The number of morpholine rings is 1. The molecule has 0 aromatic carbocycles. The van der Waals surface area contributed by atoms with Gasteiger partial charge in [0.1, 0.15) is 0 Å². The second-order valence-corrected chi connectivity index (χ2v) is 4.92. The SMILES string of the molecule is CC(C)C(C)CC(=O)NC(=N)N1CCOCC1. The molecule has 0 saturated carbocycles. The van der Waals surface area contributed by atoms with Crippen molar-refractivity contribution in [1.82, 2.24) is 10.2 Å². The first-order valence-electron chi connectivity index (χ1n) is 6.21. The Morgan fingerprint density at radius 1 is 1.35 bits per heavy atom. The van der Waals surface area contributed by atoms with E-state index in [0.717, 1.165) is 0 Å². The highest BCUT2D eigenvalue weighted by Gasteiger charge is 2.18. The maximum Gasteiger partial charge on any atom is 0.226 e. The molecule has 0 bridgehead atoms. The van der Waals surface area contributed by atoms with Gasteiger partial charge in [0.15, 0.2) is 5.96 Å². The van der Waals surface area contributed by atoms with Gasteiger partial charge in [-0.15, -0.1) is 0 Å². The minimum Gasteiger partial charge on any atom is -0.378 e. The number of rotatable bonds is 3. The minimum absolute atomic E-state index is 0.0670. The second-order valence-electron chi connectivity index (χ2n) is 4.92. The largest absolute Gasteiger partial charge is 0.378 e. The molecule has 0 aromatic rings. The van der Waals surface area contributed by atoms with Crippen LogP contribution in [0.4, 0.5) is 0 Å². The molecule has 0 aliphatic carbocycles. The quantitative estimate of drug-likeness (QED) is 0.573. The Hall–Kier alpha value is -1.10. The standard InChI is InChI=1S/C12H23N3O2/c1-9(2)10(3)8-11(16)14-12(13)15-4-6-17-7-5-15/h9-10H,4-8H2,1-3H3,(H2,13,14,16). The van der Waals surface area contributed by atoms with E-state index in [2.05, 4.69) is 26.1 Å². The Kier molecular flexibility index (Phi) is 5.41. The Morgan fingerprint density at radius 2 is 1.94 bits per heavy atom. The van der Waals surface area contributed by atoms with Crippen molar-refractivity contribution in [1.29, 1.82) is 5.41 Å². The highest BCUT2D eigenvalue weighted by atomic mass is 16.5. The second kappa shape index (κ2) is 6.59. The van der Waals surface area contributed by atoms with E-state index in [1.54, 1.807) is 0 Å². The van der Waals surface area contributed by atoms with Crippen LogP contribution in [0, 0.1) is 17.2 Å². The summed E-state index contributed by atoms with van der Waals surface area (Å²) >= 11 is 0. The first-order valence-corrected chi connectivity index (χ1v) is 6.21. The molecule has 1 amide bonds. The molecule has 0 aromatic heterocycles. The molecular formula is C12H23N3O2. The van der Waals surface area contributed by atoms with Crippen molar-refractivity contribution < 1.29 is 9.53 Å². The van der Waals surface area contributed by atoms with Crippen LogP contribution in [0.15, 0.2) is 0 Å². The highest BCUT2D eigenvalue weighted by molar-refractivity contribution is 5.95. The Bertz CT molecular complexity index is 273. The molecule has 1 aliphatic rings. The lowest BCUT2D eigenvalue weighted by molar-refractivity contribution is -0.121. The molecule has 1 unspecified atom stereocenters. The summed E-state index contributed by atoms with van der Waals surface area (Å²) in [6.07, 6.45) is 0.477. The molecule has 0 spiro atoms. The van der Waals surface area contributed by atoms with Crippen molar-refractivity contribution >= 4 is 11.9 Å². The average Bonchev–Trinajstić information content (AvgIpc) is 2.29. The number of carbonyl (C=O) groups is 1. The molecular weight excluding hydrogens is 218 g/mol. The predicted octanol–water partition coefficient (Wildman–Crippen LogP) is 1.05. The minimum atomic E-state index is -0.0670. The molecule has 17 heavy (non-hydrogen) atoms. The van der Waals surface area contributed by atoms with Gasteiger partial charge in [0, 0.05) is 19.5 Å².